The Morgan fingerprint density at radius 1 is 1.29 bits per heavy atom. The lowest BCUT2D eigenvalue weighted by Crippen LogP contribution is -2.44. The highest BCUT2D eigenvalue weighted by molar-refractivity contribution is 5.76. The predicted octanol–water partition coefficient (Wildman–Crippen LogP) is 1.93. The largest absolute Gasteiger partial charge is 0.353 e. The SMILES string of the molecule is CC1CCCC(NC(=O)CC2CCNC2)C1C. The first-order chi connectivity index (χ1) is 8.16. The zero-order valence-electron chi connectivity index (χ0n) is 11.2. The fourth-order valence-electron chi connectivity index (χ4n) is 3.20. The molecule has 1 aliphatic carbocycles. The van der Waals surface area contributed by atoms with Crippen molar-refractivity contribution in [3.05, 3.63) is 0 Å². The standard InChI is InChI=1S/C14H26N2O/c1-10-4-3-5-13(11(10)2)16-14(17)8-12-6-7-15-9-12/h10-13,15H,3-9H2,1-2H3,(H,16,17). The summed E-state index contributed by atoms with van der Waals surface area (Å²) in [4.78, 5) is 12.0. The van der Waals surface area contributed by atoms with Crippen molar-refractivity contribution in [2.45, 2.75) is 52.0 Å². The second-order valence-electron chi connectivity index (χ2n) is 6.00. The summed E-state index contributed by atoms with van der Waals surface area (Å²) in [6.07, 6.45) is 5.62. The lowest BCUT2D eigenvalue weighted by Gasteiger charge is -2.34. The van der Waals surface area contributed by atoms with Crippen molar-refractivity contribution in [1.29, 1.82) is 0 Å². The van der Waals surface area contributed by atoms with Crippen LogP contribution in [0.15, 0.2) is 0 Å². The number of hydrogen-bond donors (Lipinski definition) is 2. The monoisotopic (exact) mass is 238 g/mol. The minimum absolute atomic E-state index is 0.268. The van der Waals surface area contributed by atoms with Gasteiger partial charge in [0.15, 0.2) is 0 Å². The molecule has 4 atom stereocenters. The Morgan fingerprint density at radius 3 is 2.82 bits per heavy atom. The summed E-state index contributed by atoms with van der Waals surface area (Å²) in [6.45, 7) is 6.69. The Labute approximate surface area is 105 Å². The maximum absolute atomic E-state index is 12.0. The fourth-order valence-corrected chi connectivity index (χ4v) is 3.20. The van der Waals surface area contributed by atoms with Gasteiger partial charge in [0.2, 0.25) is 5.91 Å². The maximum Gasteiger partial charge on any atom is 0.220 e. The van der Waals surface area contributed by atoms with Crippen molar-refractivity contribution in [3.8, 4) is 0 Å². The van der Waals surface area contributed by atoms with Gasteiger partial charge in [-0.2, -0.15) is 0 Å². The number of carbonyl (C=O) groups is 1. The van der Waals surface area contributed by atoms with Crippen LogP contribution in [-0.4, -0.2) is 25.0 Å². The quantitative estimate of drug-likeness (QED) is 0.789. The molecule has 0 aromatic heterocycles. The molecular weight excluding hydrogens is 212 g/mol. The zero-order valence-corrected chi connectivity index (χ0v) is 11.2. The van der Waals surface area contributed by atoms with Gasteiger partial charge in [-0.05, 0) is 43.7 Å². The molecular formula is C14H26N2O. The summed E-state index contributed by atoms with van der Waals surface area (Å²) in [7, 11) is 0. The Morgan fingerprint density at radius 2 is 2.12 bits per heavy atom. The minimum atomic E-state index is 0.268. The molecule has 17 heavy (non-hydrogen) atoms. The minimum Gasteiger partial charge on any atom is -0.353 e. The van der Waals surface area contributed by atoms with Gasteiger partial charge in [-0.15, -0.1) is 0 Å². The first-order valence-electron chi connectivity index (χ1n) is 7.17. The van der Waals surface area contributed by atoms with Crippen molar-refractivity contribution < 1.29 is 4.79 Å². The predicted molar refractivity (Wildman–Crippen MR) is 69.7 cm³/mol. The van der Waals surface area contributed by atoms with Gasteiger partial charge in [-0.3, -0.25) is 4.79 Å². The van der Waals surface area contributed by atoms with E-state index in [1.54, 1.807) is 0 Å². The van der Waals surface area contributed by atoms with Crippen LogP contribution in [0.1, 0.15) is 46.0 Å². The second-order valence-corrected chi connectivity index (χ2v) is 6.00. The number of rotatable bonds is 3. The van der Waals surface area contributed by atoms with E-state index in [2.05, 4.69) is 24.5 Å². The topological polar surface area (TPSA) is 41.1 Å². The summed E-state index contributed by atoms with van der Waals surface area (Å²) in [5, 5.41) is 6.58. The smallest absolute Gasteiger partial charge is 0.220 e. The summed E-state index contributed by atoms with van der Waals surface area (Å²) < 4.78 is 0. The highest BCUT2D eigenvalue weighted by Gasteiger charge is 2.28. The van der Waals surface area contributed by atoms with Gasteiger partial charge in [0.05, 0.1) is 0 Å². The van der Waals surface area contributed by atoms with E-state index in [9.17, 15) is 4.79 Å². The van der Waals surface area contributed by atoms with Gasteiger partial charge in [0, 0.05) is 12.5 Å². The molecule has 0 bridgehead atoms. The normalized spacial score (nSPS) is 38.0. The first-order valence-corrected chi connectivity index (χ1v) is 7.17. The Balaban J connectivity index is 1.76. The van der Waals surface area contributed by atoms with E-state index in [-0.39, 0.29) is 5.91 Å². The van der Waals surface area contributed by atoms with Crippen molar-refractivity contribution in [1.82, 2.24) is 10.6 Å². The molecule has 0 aromatic rings. The highest BCUT2D eigenvalue weighted by atomic mass is 16.1. The third kappa shape index (κ3) is 3.44. The summed E-state index contributed by atoms with van der Waals surface area (Å²) in [5.41, 5.74) is 0. The highest BCUT2D eigenvalue weighted by Crippen LogP contribution is 2.29. The van der Waals surface area contributed by atoms with Crippen LogP contribution in [0.3, 0.4) is 0 Å². The molecule has 1 amide bonds. The van der Waals surface area contributed by atoms with Crippen LogP contribution in [0.4, 0.5) is 0 Å². The molecule has 98 valence electrons. The Hall–Kier alpha value is -0.570. The third-order valence-electron chi connectivity index (χ3n) is 4.69. The Kier molecular flexibility index (Phi) is 4.43. The van der Waals surface area contributed by atoms with E-state index in [0.717, 1.165) is 25.4 Å². The molecule has 0 spiro atoms. The van der Waals surface area contributed by atoms with Crippen molar-refractivity contribution in [2.75, 3.05) is 13.1 Å². The fraction of sp³-hybridized carbons (Fsp3) is 0.929. The molecule has 4 unspecified atom stereocenters. The maximum atomic E-state index is 12.0. The van der Waals surface area contributed by atoms with E-state index in [4.69, 9.17) is 0 Å². The molecule has 1 heterocycles. The van der Waals surface area contributed by atoms with Crippen LogP contribution in [-0.2, 0) is 4.79 Å². The molecule has 0 aromatic carbocycles. The number of amides is 1. The lowest BCUT2D eigenvalue weighted by molar-refractivity contribution is -0.123. The van der Waals surface area contributed by atoms with Gasteiger partial charge in [0.1, 0.15) is 0 Å². The molecule has 2 N–H and O–H groups in total. The number of hydrogen-bond acceptors (Lipinski definition) is 2. The van der Waals surface area contributed by atoms with Gasteiger partial charge in [0.25, 0.3) is 0 Å². The number of nitrogens with one attached hydrogen (secondary N) is 2. The lowest BCUT2D eigenvalue weighted by atomic mass is 9.78. The van der Waals surface area contributed by atoms with Crippen molar-refractivity contribution >= 4 is 5.91 Å². The van der Waals surface area contributed by atoms with E-state index in [1.807, 2.05) is 0 Å². The van der Waals surface area contributed by atoms with Crippen LogP contribution in [0.5, 0.6) is 0 Å². The summed E-state index contributed by atoms with van der Waals surface area (Å²) in [6, 6.07) is 0.417. The van der Waals surface area contributed by atoms with Crippen LogP contribution in [0.2, 0.25) is 0 Å². The van der Waals surface area contributed by atoms with E-state index in [1.165, 1.54) is 19.3 Å². The molecule has 2 rings (SSSR count). The zero-order chi connectivity index (χ0) is 12.3. The molecule has 1 saturated carbocycles. The molecule has 2 aliphatic rings. The van der Waals surface area contributed by atoms with Gasteiger partial charge < -0.3 is 10.6 Å². The molecule has 1 saturated heterocycles. The van der Waals surface area contributed by atoms with Crippen LogP contribution < -0.4 is 10.6 Å². The van der Waals surface area contributed by atoms with Gasteiger partial charge in [-0.1, -0.05) is 26.7 Å². The average molecular weight is 238 g/mol. The number of carbonyl (C=O) groups excluding carboxylic acids is 1. The van der Waals surface area contributed by atoms with Crippen LogP contribution >= 0.6 is 0 Å². The molecule has 0 radical (unpaired) electrons. The van der Waals surface area contributed by atoms with Gasteiger partial charge >= 0.3 is 0 Å². The van der Waals surface area contributed by atoms with E-state index < -0.39 is 0 Å². The average Bonchev–Trinajstić information content (AvgIpc) is 2.77. The molecule has 1 aliphatic heterocycles. The second kappa shape index (κ2) is 5.85. The van der Waals surface area contributed by atoms with Crippen molar-refractivity contribution in [2.24, 2.45) is 17.8 Å². The Bertz CT molecular complexity index is 261. The third-order valence-corrected chi connectivity index (χ3v) is 4.69. The summed E-state index contributed by atoms with van der Waals surface area (Å²) in [5.74, 6) is 2.22. The van der Waals surface area contributed by atoms with Gasteiger partial charge in [-0.25, -0.2) is 0 Å². The van der Waals surface area contributed by atoms with Crippen molar-refractivity contribution in [3.63, 3.8) is 0 Å². The van der Waals surface area contributed by atoms with E-state index in [0.29, 0.717) is 24.3 Å². The molecule has 3 nitrogen and oxygen atoms in total. The molecule has 2 fully saturated rings. The first kappa shape index (κ1) is 12.9. The summed E-state index contributed by atoms with van der Waals surface area (Å²) >= 11 is 0. The van der Waals surface area contributed by atoms with E-state index >= 15 is 0 Å². The van der Waals surface area contributed by atoms with Crippen LogP contribution in [0, 0.1) is 17.8 Å². The van der Waals surface area contributed by atoms with Crippen LogP contribution in [0.25, 0.3) is 0 Å². The molecule has 3 heteroatoms.